The second-order valence-electron chi connectivity index (χ2n) is 6.58. The number of carbonyl (C=O) groups is 2. The molecule has 2 amide bonds. The molecule has 0 N–H and O–H groups in total. The average molecular weight is 428 g/mol. The molecule has 1 unspecified atom stereocenters. The largest absolute Gasteiger partial charge is 0.459 e. The molecule has 10 heteroatoms. The topological polar surface area (TPSA) is 70.8 Å². The van der Waals surface area contributed by atoms with Gasteiger partial charge in [0.2, 0.25) is 5.91 Å². The van der Waals surface area contributed by atoms with E-state index < -0.39 is 22.5 Å². The molecule has 0 bridgehead atoms. The number of nitrogens with zero attached hydrogens (tertiary/aromatic N) is 2. The molecule has 1 saturated heterocycles. The van der Waals surface area contributed by atoms with Gasteiger partial charge in [0.1, 0.15) is 5.75 Å². The maximum atomic E-state index is 12.8. The van der Waals surface area contributed by atoms with Crippen LogP contribution in [0.5, 0.6) is 0 Å². The fourth-order valence-corrected chi connectivity index (χ4v) is 4.13. The van der Waals surface area contributed by atoms with Crippen molar-refractivity contribution in [3.05, 3.63) is 59.5 Å². The first-order chi connectivity index (χ1) is 13.7. The van der Waals surface area contributed by atoms with E-state index in [-0.39, 0.29) is 34.6 Å². The highest BCUT2D eigenvalue weighted by Crippen LogP contribution is 2.29. The Bertz CT molecular complexity index is 891. The highest BCUT2D eigenvalue weighted by atomic mass is 32.2. The van der Waals surface area contributed by atoms with Gasteiger partial charge in [-0.25, -0.2) is 0 Å². The van der Waals surface area contributed by atoms with Crippen molar-refractivity contribution >= 4 is 22.6 Å². The number of carbonyl (C=O) groups excluding carboxylic acids is 2. The number of piperazine rings is 1. The Balaban J connectivity index is 1.50. The summed E-state index contributed by atoms with van der Waals surface area (Å²) in [4.78, 5) is 27.7. The zero-order chi connectivity index (χ0) is 21.0. The first kappa shape index (κ1) is 21.1. The summed E-state index contributed by atoms with van der Waals surface area (Å²) in [5.41, 5.74) is -0.546. The van der Waals surface area contributed by atoms with Gasteiger partial charge in [-0.15, -0.1) is 0 Å². The van der Waals surface area contributed by atoms with Gasteiger partial charge in [0, 0.05) is 42.7 Å². The zero-order valence-electron chi connectivity index (χ0n) is 15.4. The second-order valence-corrected chi connectivity index (χ2v) is 8.03. The van der Waals surface area contributed by atoms with Gasteiger partial charge in [0.25, 0.3) is 5.91 Å². The van der Waals surface area contributed by atoms with Gasteiger partial charge >= 0.3 is 6.18 Å². The zero-order valence-corrected chi connectivity index (χ0v) is 16.2. The molecule has 1 aliphatic rings. The molecular formula is C19H19F3N2O4S. The Morgan fingerprint density at radius 3 is 2.34 bits per heavy atom. The van der Waals surface area contributed by atoms with Gasteiger partial charge in [0.05, 0.1) is 11.8 Å². The summed E-state index contributed by atoms with van der Waals surface area (Å²) < 4.78 is 55.6. The Morgan fingerprint density at radius 2 is 1.72 bits per heavy atom. The van der Waals surface area contributed by atoms with Crippen molar-refractivity contribution in [2.24, 2.45) is 0 Å². The molecule has 0 aliphatic carbocycles. The summed E-state index contributed by atoms with van der Waals surface area (Å²) >= 11 is 0. The van der Waals surface area contributed by atoms with E-state index in [9.17, 15) is 27.0 Å². The Morgan fingerprint density at radius 1 is 1.03 bits per heavy atom. The van der Waals surface area contributed by atoms with Gasteiger partial charge in [-0.1, -0.05) is 18.2 Å². The van der Waals surface area contributed by atoms with Crippen LogP contribution in [0.3, 0.4) is 0 Å². The average Bonchev–Trinajstić information content (AvgIpc) is 3.22. The molecule has 2 heterocycles. The highest BCUT2D eigenvalue weighted by Gasteiger charge is 2.31. The molecule has 3 rings (SSSR count). The van der Waals surface area contributed by atoms with Crippen LogP contribution in [0.2, 0.25) is 0 Å². The molecule has 0 radical (unpaired) electrons. The predicted molar refractivity (Wildman–Crippen MR) is 99.3 cm³/mol. The quantitative estimate of drug-likeness (QED) is 0.734. The molecule has 29 heavy (non-hydrogen) atoms. The van der Waals surface area contributed by atoms with Crippen molar-refractivity contribution in [3.63, 3.8) is 0 Å². The number of benzene rings is 1. The van der Waals surface area contributed by atoms with E-state index in [2.05, 4.69) is 0 Å². The summed E-state index contributed by atoms with van der Waals surface area (Å²) in [5.74, 6) is -0.780. The summed E-state index contributed by atoms with van der Waals surface area (Å²) in [6.45, 7) is 1.25. The lowest BCUT2D eigenvalue weighted by Gasteiger charge is -2.34. The van der Waals surface area contributed by atoms with Crippen LogP contribution >= 0.6 is 0 Å². The first-order valence-corrected chi connectivity index (χ1v) is 10.3. The van der Waals surface area contributed by atoms with Crippen LogP contribution in [0.15, 0.2) is 47.1 Å². The Labute approximate surface area is 167 Å². The molecule has 1 aromatic heterocycles. The molecule has 0 spiro atoms. The SMILES string of the molecule is O=C(CS(=O)Cc1cccc(C(F)(F)F)c1)N1CCN(C(=O)c2ccco2)CC1. The summed E-state index contributed by atoms with van der Waals surface area (Å²) in [6, 6.07) is 7.79. The van der Waals surface area contributed by atoms with Crippen LogP contribution < -0.4 is 0 Å². The van der Waals surface area contributed by atoms with Crippen molar-refractivity contribution in [2.75, 3.05) is 31.9 Å². The molecular weight excluding hydrogens is 409 g/mol. The normalized spacial score (nSPS) is 16.0. The lowest BCUT2D eigenvalue weighted by Crippen LogP contribution is -2.51. The first-order valence-electron chi connectivity index (χ1n) is 8.85. The van der Waals surface area contributed by atoms with Gasteiger partial charge in [-0.2, -0.15) is 13.2 Å². The third kappa shape index (κ3) is 5.47. The number of furan rings is 1. The van der Waals surface area contributed by atoms with E-state index in [4.69, 9.17) is 4.42 Å². The second kappa shape index (κ2) is 8.81. The molecule has 6 nitrogen and oxygen atoms in total. The number of alkyl halides is 3. The van der Waals surface area contributed by atoms with E-state index in [1.54, 1.807) is 17.0 Å². The lowest BCUT2D eigenvalue weighted by molar-refractivity contribution is -0.137. The fourth-order valence-electron chi connectivity index (χ4n) is 3.02. The van der Waals surface area contributed by atoms with Gasteiger partial charge in [-0.05, 0) is 23.8 Å². The van der Waals surface area contributed by atoms with E-state index in [0.717, 1.165) is 12.1 Å². The van der Waals surface area contributed by atoms with Gasteiger partial charge < -0.3 is 14.2 Å². The minimum absolute atomic E-state index is 0.132. The van der Waals surface area contributed by atoms with Crippen LogP contribution in [-0.4, -0.2) is 57.8 Å². The number of amides is 2. The van der Waals surface area contributed by atoms with E-state index in [1.807, 2.05) is 0 Å². The molecule has 1 aromatic carbocycles. The Hall–Kier alpha value is -2.62. The van der Waals surface area contributed by atoms with Gasteiger partial charge in [-0.3, -0.25) is 13.8 Å². The van der Waals surface area contributed by atoms with E-state index in [1.165, 1.54) is 23.3 Å². The third-order valence-corrected chi connectivity index (χ3v) is 5.74. The van der Waals surface area contributed by atoms with Crippen LogP contribution in [0, 0.1) is 0 Å². The van der Waals surface area contributed by atoms with Crippen molar-refractivity contribution in [1.82, 2.24) is 9.80 Å². The number of halogens is 3. The van der Waals surface area contributed by atoms with Gasteiger partial charge in [0.15, 0.2) is 5.76 Å². The number of hydrogen-bond donors (Lipinski definition) is 0. The maximum absolute atomic E-state index is 12.8. The van der Waals surface area contributed by atoms with Crippen LogP contribution in [0.25, 0.3) is 0 Å². The van der Waals surface area contributed by atoms with Crippen LogP contribution in [0.1, 0.15) is 21.7 Å². The van der Waals surface area contributed by atoms with Crippen molar-refractivity contribution in [3.8, 4) is 0 Å². The van der Waals surface area contributed by atoms with E-state index in [0.29, 0.717) is 26.2 Å². The summed E-state index contributed by atoms with van der Waals surface area (Å²) in [7, 11) is -1.63. The van der Waals surface area contributed by atoms with Crippen LogP contribution in [0.4, 0.5) is 13.2 Å². The minimum atomic E-state index is -4.47. The minimum Gasteiger partial charge on any atom is -0.459 e. The molecule has 0 saturated carbocycles. The van der Waals surface area contributed by atoms with Crippen molar-refractivity contribution in [1.29, 1.82) is 0 Å². The molecule has 1 atom stereocenters. The smallest absolute Gasteiger partial charge is 0.416 e. The number of rotatable bonds is 5. The summed E-state index contributed by atoms with van der Waals surface area (Å²) in [5, 5.41) is 0. The maximum Gasteiger partial charge on any atom is 0.416 e. The fraction of sp³-hybridized carbons (Fsp3) is 0.368. The third-order valence-electron chi connectivity index (χ3n) is 4.52. The monoisotopic (exact) mass is 428 g/mol. The molecule has 156 valence electrons. The summed E-state index contributed by atoms with van der Waals surface area (Å²) in [6.07, 6.45) is -3.06. The molecule has 1 aliphatic heterocycles. The van der Waals surface area contributed by atoms with Crippen molar-refractivity contribution in [2.45, 2.75) is 11.9 Å². The highest BCUT2D eigenvalue weighted by molar-refractivity contribution is 7.84. The lowest BCUT2D eigenvalue weighted by atomic mass is 10.1. The standard InChI is InChI=1S/C19H19F3N2O4S/c20-19(21,22)15-4-1-3-14(11-15)12-29(27)13-17(25)23-6-8-24(9-7-23)18(26)16-5-2-10-28-16/h1-5,10-11H,6-9,12-13H2. The van der Waals surface area contributed by atoms with E-state index >= 15 is 0 Å². The van der Waals surface area contributed by atoms with Crippen LogP contribution in [-0.2, 0) is 27.5 Å². The predicted octanol–water partition coefficient (Wildman–Crippen LogP) is 2.53. The van der Waals surface area contributed by atoms with Crippen molar-refractivity contribution < 1.29 is 31.4 Å². The molecule has 1 fully saturated rings. The molecule has 2 aromatic rings. The number of hydrogen-bond acceptors (Lipinski definition) is 4. The Kier molecular flexibility index (Phi) is 6.41.